The fraction of sp³-hybridized carbons (Fsp3) is 0.391. The van der Waals surface area contributed by atoms with E-state index < -0.39 is 9.84 Å². The number of sulfone groups is 1. The molecule has 1 aliphatic heterocycles. The van der Waals surface area contributed by atoms with Gasteiger partial charge in [-0.25, -0.2) is 8.42 Å². The number of para-hydroxylation sites is 1. The summed E-state index contributed by atoms with van der Waals surface area (Å²) in [5.74, 6) is -0.515. The van der Waals surface area contributed by atoms with E-state index in [1.165, 1.54) is 5.56 Å². The zero-order chi connectivity index (χ0) is 21.1. The van der Waals surface area contributed by atoms with Gasteiger partial charge in [0.1, 0.15) is 0 Å². The number of amides is 2. The molecule has 30 heavy (non-hydrogen) atoms. The molecule has 0 saturated heterocycles. The third kappa shape index (κ3) is 4.41. The number of fused-ring (bicyclic) bond motifs is 1. The lowest BCUT2D eigenvalue weighted by atomic mass is 10.1. The van der Waals surface area contributed by atoms with Crippen molar-refractivity contribution in [3.63, 3.8) is 0 Å². The third-order valence-electron chi connectivity index (χ3n) is 5.97. The molecule has 1 fully saturated rings. The van der Waals surface area contributed by atoms with E-state index >= 15 is 0 Å². The van der Waals surface area contributed by atoms with Gasteiger partial charge in [0.15, 0.2) is 9.84 Å². The Labute approximate surface area is 177 Å². The van der Waals surface area contributed by atoms with Crippen molar-refractivity contribution < 1.29 is 18.0 Å². The molecule has 0 spiro atoms. The molecule has 1 heterocycles. The summed E-state index contributed by atoms with van der Waals surface area (Å²) in [4.78, 5) is 26.8. The minimum absolute atomic E-state index is 0.0515. The van der Waals surface area contributed by atoms with Crippen molar-refractivity contribution in [2.75, 3.05) is 22.5 Å². The van der Waals surface area contributed by atoms with Crippen LogP contribution in [0.25, 0.3) is 0 Å². The van der Waals surface area contributed by atoms with Gasteiger partial charge in [0, 0.05) is 29.9 Å². The number of anilines is 2. The lowest BCUT2D eigenvalue weighted by molar-refractivity contribution is -0.115. The van der Waals surface area contributed by atoms with Crippen LogP contribution in [-0.2, 0) is 21.1 Å². The molecule has 2 aromatic rings. The molecule has 0 aromatic heterocycles. The van der Waals surface area contributed by atoms with Gasteiger partial charge in [-0.1, -0.05) is 31.0 Å². The SMILES string of the molecule is O=C(CCS(=O)(=O)C1CCCC1)Nc1ccc(C(=O)N2CCc3ccccc32)cc1. The van der Waals surface area contributed by atoms with E-state index in [1.807, 2.05) is 24.3 Å². The highest BCUT2D eigenvalue weighted by atomic mass is 32.2. The van der Waals surface area contributed by atoms with Crippen molar-refractivity contribution in [2.45, 2.75) is 43.8 Å². The highest BCUT2D eigenvalue weighted by Crippen LogP contribution is 2.29. The number of nitrogens with one attached hydrogen (secondary N) is 1. The summed E-state index contributed by atoms with van der Waals surface area (Å²) in [6, 6.07) is 14.6. The average molecular weight is 427 g/mol. The summed E-state index contributed by atoms with van der Waals surface area (Å²) in [6.07, 6.45) is 4.11. The highest BCUT2D eigenvalue weighted by Gasteiger charge is 2.29. The van der Waals surface area contributed by atoms with Crippen LogP contribution < -0.4 is 10.2 Å². The molecular formula is C23H26N2O4S. The Bertz CT molecular complexity index is 1040. The number of hydrogen-bond donors (Lipinski definition) is 1. The first kappa shape index (κ1) is 20.6. The van der Waals surface area contributed by atoms with Crippen LogP contribution in [0.15, 0.2) is 48.5 Å². The number of rotatable bonds is 6. The van der Waals surface area contributed by atoms with E-state index in [9.17, 15) is 18.0 Å². The second-order valence-electron chi connectivity index (χ2n) is 7.98. The Morgan fingerprint density at radius 1 is 1.00 bits per heavy atom. The van der Waals surface area contributed by atoms with Crippen LogP contribution in [-0.4, -0.2) is 37.8 Å². The molecule has 2 amide bonds. The summed E-state index contributed by atoms with van der Waals surface area (Å²) >= 11 is 0. The zero-order valence-corrected chi connectivity index (χ0v) is 17.7. The molecule has 2 aromatic carbocycles. The predicted octanol–water partition coefficient (Wildman–Crippen LogP) is 3.58. The number of hydrogen-bond acceptors (Lipinski definition) is 4. The maximum Gasteiger partial charge on any atom is 0.258 e. The van der Waals surface area contributed by atoms with Gasteiger partial charge in [-0.15, -0.1) is 0 Å². The van der Waals surface area contributed by atoms with Crippen LogP contribution in [0.2, 0.25) is 0 Å². The zero-order valence-electron chi connectivity index (χ0n) is 16.8. The fourth-order valence-electron chi connectivity index (χ4n) is 4.27. The van der Waals surface area contributed by atoms with Crippen LogP contribution in [0.4, 0.5) is 11.4 Å². The summed E-state index contributed by atoms with van der Waals surface area (Å²) in [7, 11) is -3.21. The van der Waals surface area contributed by atoms with Crippen LogP contribution in [0.5, 0.6) is 0 Å². The molecule has 0 atom stereocenters. The Morgan fingerprint density at radius 3 is 2.43 bits per heavy atom. The van der Waals surface area contributed by atoms with E-state index in [1.54, 1.807) is 29.2 Å². The molecule has 1 saturated carbocycles. The summed E-state index contributed by atoms with van der Waals surface area (Å²) in [5.41, 5.74) is 3.22. The second kappa shape index (κ2) is 8.60. The first-order valence-corrected chi connectivity index (χ1v) is 12.2. The van der Waals surface area contributed by atoms with E-state index in [-0.39, 0.29) is 29.2 Å². The minimum atomic E-state index is -3.21. The van der Waals surface area contributed by atoms with Gasteiger partial charge in [0.2, 0.25) is 5.91 Å². The smallest absolute Gasteiger partial charge is 0.258 e. The molecule has 0 bridgehead atoms. The molecule has 7 heteroatoms. The van der Waals surface area contributed by atoms with Gasteiger partial charge in [-0.3, -0.25) is 9.59 Å². The van der Waals surface area contributed by atoms with E-state index in [4.69, 9.17) is 0 Å². The monoisotopic (exact) mass is 426 g/mol. The first-order valence-electron chi connectivity index (χ1n) is 10.5. The molecule has 6 nitrogen and oxygen atoms in total. The maximum atomic E-state index is 12.9. The fourth-order valence-corrected chi connectivity index (χ4v) is 6.13. The standard InChI is InChI=1S/C23H26N2O4S/c26-22(14-16-30(28,29)20-6-2-3-7-20)24-19-11-9-18(10-12-19)23(27)25-15-13-17-5-1-4-8-21(17)25/h1,4-5,8-12,20H,2-3,6-7,13-16H2,(H,24,26). The van der Waals surface area contributed by atoms with E-state index in [0.717, 1.165) is 24.9 Å². The quantitative estimate of drug-likeness (QED) is 0.765. The minimum Gasteiger partial charge on any atom is -0.326 e. The normalized spacial score (nSPS) is 16.5. The number of nitrogens with zero attached hydrogens (tertiary/aromatic N) is 1. The van der Waals surface area contributed by atoms with Crippen LogP contribution in [0.1, 0.15) is 48.0 Å². The number of carbonyl (C=O) groups is 2. The van der Waals surface area contributed by atoms with Gasteiger partial charge in [-0.2, -0.15) is 0 Å². The van der Waals surface area contributed by atoms with Gasteiger partial charge in [0.25, 0.3) is 5.91 Å². The van der Waals surface area contributed by atoms with Gasteiger partial charge < -0.3 is 10.2 Å². The molecule has 1 N–H and O–H groups in total. The van der Waals surface area contributed by atoms with Crippen LogP contribution in [0, 0.1) is 0 Å². The predicted molar refractivity (Wildman–Crippen MR) is 118 cm³/mol. The van der Waals surface area contributed by atoms with Crippen molar-refractivity contribution >= 4 is 33.0 Å². The lowest BCUT2D eigenvalue weighted by Crippen LogP contribution is -2.28. The molecule has 0 radical (unpaired) electrons. The van der Waals surface area contributed by atoms with Crippen molar-refractivity contribution in [3.8, 4) is 0 Å². The highest BCUT2D eigenvalue weighted by molar-refractivity contribution is 7.92. The molecule has 0 unspecified atom stereocenters. The molecule has 158 valence electrons. The molecule has 1 aliphatic carbocycles. The average Bonchev–Trinajstić information content (AvgIpc) is 3.43. The molecule has 4 rings (SSSR count). The third-order valence-corrected chi connectivity index (χ3v) is 8.23. The second-order valence-corrected chi connectivity index (χ2v) is 10.4. The Kier molecular flexibility index (Phi) is 5.90. The van der Waals surface area contributed by atoms with Gasteiger partial charge in [0.05, 0.1) is 11.0 Å². The van der Waals surface area contributed by atoms with Crippen molar-refractivity contribution in [1.82, 2.24) is 0 Å². The Balaban J connectivity index is 1.33. The van der Waals surface area contributed by atoms with E-state index in [2.05, 4.69) is 5.32 Å². The molecular weight excluding hydrogens is 400 g/mol. The van der Waals surface area contributed by atoms with Gasteiger partial charge in [-0.05, 0) is 55.2 Å². The lowest BCUT2D eigenvalue weighted by Gasteiger charge is -2.17. The van der Waals surface area contributed by atoms with E-state index in [0.29, 0.717) is 30.6 Å². The largest absolute Gasteiger partial charge is 0.326 e. The van der Waals surface area contributed by atoms with Crippen molar-refractivity contribution in [2.24, 2.45) is 0 Å². The Morgan fingerprint density at radius 2 is 1.70 bits per heavy atom. The summed E-state index contributed by atoms with van der Waals surface area (Å²) < 4.78 is 24.6. The topological polar surface area (TPSA) is 83.5 Å². The van der Waals surface area contributed by atoms with Crippen LogP contribution >= 0.6 is 0 Å². The summed E-state index contributed by atoms with van der Waals surface area (Å²) in [6.45, 7) is 0.659. The van der Waals surface area contributed by atoms with Crippen LogP contribution in [0.3, 0.4) is 0 Å². The van der Waals surface area contributed by atoms with Crippen molar-refractivity contribution in [1.29, 1.82) is 0 Å². The Hall–Kier alpha value is -2.67. The molecule has 2 aliphatic rings. The number of carbonyl (C=O) groups excluding carboxylic acids is 2. The van der Waals surface area contributed by atoms with Gasteiger partial charge >= 0.3 is 0 Å². The number of benzene rings is 2. The first-order chi connectivity index (χ1) is 14.4. The maximum absolute atomic E-state index is 12.9. The van der Waals surface area contributed by atoms with Crippen molar-refractivity contribution in [3.05, 3.63) is 59.7 Å². The summed E-state index contributed by atoms with van der Waals surface area (Å²) in [5, 5.41) is 2.44.